The summed E-state index contributed by atoms with van der Waals surface area (Å²) in [7, 11) is 0. The summed E-state index contributed by atoms with van der Waals surface area (Å²) in [4.78, 5) is 7.02. The lowest BCUT2D eigenvalue weighted by atomic mass is 9.33. The minimum Gasteiger partial charge on any atom is -0.311 e. The van der Waals surface area contributed by atoms with Crippen LogP contribution in [0.25, 0.3) is 0 Å². The smallest absolute Gasteiger partial charge is 0.242 e. The van der Waals surface area contributed by atoms with Crippen LogP contribution in [-0.4, -0.2) is 6.71 Å². The molecule has 0 atom stereocenters. The SMILES string of the molecule is Cc1cc(C)c(B(c2ccc(N(c3ccc(N(c4ccccc4)c4ccccc4)cc3)c3ccc(N(c4ccccc4)c4ccccc4)cc3)cc2C)c2c(C)cc(C)cc2C)c(C)c1. The maximum Gasteiger partial charge on any atom is 0.242 e. The largest absolute Gasteiger partial charge is 0.311 e. The molecular formula is C61H56BN3. The first-order chi connectivity index (χ1) is 31.6. The summed E-state index contributed by atoms with van der Waals surface area (Å²) >= 11 is 0. The van der Waals surface area contributed by atoms with Crippen LogP contribution >= 0.6 is 0 Å². The standard InChI is InChI=1S/C61H56BN3/c1-43-38-46(4)60(47(5)39-43)62(61-48(6)40-44(2)41-49(61)7)59-37-36-58(42-45(59)3)65(56-32-28-54(29-33-56)63(50-20-12-8-13-21-50)51-22-14-9-15-23-51)57-34-30-55(31-35-57)64(52-24-16-10-17-25-52)53-26-18-11-19-27-53/h8-42H,1-7H3. The van der Waals surface area contributed by atoms with Crippen LogP contribution in [0.5, 0.6) is 0 Å². The number of benzene rings is 9. The molecule has 0 N–H and O–H groups in total. The minimum atomic E-state index is 0.0844. The van der Waals surface area contributed by atoms with Crippen molar-refractivity contribution < 1.29 is 0 Å². The topological polar surface area (TPSA) is 9.72 Å². The van der Waals surface area contributed by atoms with Gasteiger partial charge in [0.2, 0.25) is 6.71 Å². The van der Waals surface area contributed by atoms with Crippen LogP contribution in [-0.2, 0) is 0 Å². The summed E-state index contributed by atoms with van der Waals surface area (Å²) in [6, 6.07) is 76.9. The number of hydrogen-bond donors (Lipinski definition) is 0. The fraction of sp³-hybridized carbons (Fsp3) is 0.115. The summed E-state index contributed by atoms with van der Waals surface area (Å²) in [5.74, 6) is 0. The van der Waals surface area contributed by atoms with E-state index in [4.69, 9.17) is 0 Å². The van der Waals surface area contributed by atoms with Gasteiger partial charge in [0.1, 0.15) is 0 Å². The molecule has 3 nitrogen and oxygen atoms in total. The Bertz CT molecular complexity index is 2730. The molecule has 0 aliphatic carbocycles. The molecule has 65 heavy (non-hydrogen) atoms. The van der Waals surface area contributed by atoms with Gasteiger partial charge in [-0.15, -0.1) is 0 Å². The molecule has 0 spiro atoms. The summed E-state index contributed by atoms with van der Waals surface area (Å²) in [5.41, 5.74) is 23.2. The van der Waals surface area contributed by atoms with Crippen LogP contribution in [0.4, 0.5) is 51.2 Å². The van der Waals surface area contributed by atoms with Crippen LogP contribution in [0.2, 0.25) is 0 Å². The Morgan fingerprint density at radius 1 is 0.246 bits per heavy atom. The Kier molecular flexibility index (Phi) is 12.3. The van der Waals surface area contributed by atoms with Gasteiger partial charge in [0, 0.05) is 51.2 Å². The van der Waals surface area contributed by atoms with Crippen molar-refractivity contribution in [1.29, 1.82) is 0 Å². The summed E-state index contributed by atoms with van der Waals surface area (Å²) in [5, 5.41) is 0. The second-order valence-electron chi connectivity index (χ2n) is 17.5. The molecule has 0 radical (unpaired) electrons. The van der Waals surface area contributed by atoms with E-state index >= 15 is 0 Å². The van der Waals surface area contributed by atoms with Crippen molar-refractivity contribution in [2.75, 3.05) is 14.7 Å². The Labute approximate surface area is 387 Å². The quantitative estimate of drug-likeness (QED) is 0.113. The number of hydrogen-bond acceptors (Lipinski definition) is 3. The van der Waals surface area contributed by atoms with Gasteiger partial charge < -0.3 is 14.7 Å². The van der Waals surface area contributed by atoms with Crippen molar-refractivity contribution in [3.8, 4) is 0 Å². The molecule has 4 heteroatoms. The first kappa shape index (κ1) is 42.7. The molecule has 9 aromatic carbocycles. The first-order valence-electron chi connectivity index (χ1n) is 22.7. The van der Waals surface area contributed by atoms with Crippen LogP contribution in [0, 0.1) is 48.5 Å². The predicted molar refractivity (Wildman–Crippen MR) is 281 cm³/mol. The third-order valence-corrected chi connectivity index (χ3v) is 12.7. The van der Waals surface area contributed by atoms with E-state index in [2.05, 4.69) is 275 Å². The highest BCUT2D eigenvalue weighted by atomic mass is 15.2. The lowest BCUT2D eigenvalue weighted by Gasteiger charge is -2.30. The fourth-order valence-electron chi connectivity index (χ4n) is 10.0. The van der Waals surface area contributed by atoms with Crippen molar-refractivity contribution in [3.63, 3.8) is 0 Å². The molecule has 0 fully saturated rings. The molecule has 318 valence electrons. The Morgan fingerprint density at radius 3 is 0.769 bits per heavy atom. The van der Waals surface area contributed by atoms with Crippen LogP contribution < -0.4 is 31.1 Å². The molecule has 0 aliphatic rings. The predicted octanol–water partition coefficient (Wildman–Crippen LogP) is 14.8. The van der Waals surface area contributed by atoms with E-state index in [1.54, 1.807) is 0 Å². The van der Waals surface area contributed by atoms with Crippen LogP contribution in [0.3, 0.4) is 0 Å². The van der Waals surface area contributed by atoms with Crippen LogP contribution in [0.15, 0.2) is 212 Å². The summed E-state index contributed by atoms with van der Waals surface area (Å²) < 4.78 is 0. The molecule has 0 saturated carbocycles. The lowest BCUT2D eigenvalue weighted by Crippen LogP contribution is -2.56. The lowest BCUT2D eigenvalue weighted by molar-refractivity contribution is 1.24. The fourth-order valence-corrected chi connectivity index (χ4v) is 10.0. The highest BCUT2D eigenvalue weighted by molar-refractivity contribution is 6.96. The zero-order valence-corrected chi connectivity index (χ0v) is 38.6. The van der Waals surface area contributed by atoms with Crippen molar-refractivity contribution in [3.05, 3.63) is 251 Å². The van der Waals surface area contributed by atoms with E-state index in [1.165, 1.54) is 55.3 Å². The molecule has 0 saturated heterocycles. The molecule has 0 aromatic heterocycles. The van der Waals surface area contributed by atoms with Gasteiger partial charge in [-0.05, 0) is 158 Å². The zero-order chi connectivity index (χ0) is 45.0. The molecule has 0 aliphatic heterocycles. The molecule has 9 rings (SSSR count). The molecule has 0 amide bonds. The molecule has 9 aromatic rings. The van der Waals surface area contributed by atoms with Gasteiger partial charge in [0.15, 0.2) is 0 Å². The van der Waals surface area contributed by atoms with E-state index < -0.39 is 0 Å². The second-order valence-corrected chi connectivity index (χ2v) is 17.5. The molecule has 0 heterocycles. The van der Waals surface area contributed by atoms with E-state index in [0.717, 1.165) is 51.2 Å². The highest BCUT2D eigenvalue weighted by Crippen LogP contribution is 2.41. The van der Waals surface area contributed by atoms with Gasteiger partial charge in [0.25, 0.3) is 0 Å². The van der Waals surface area contributed by atoms with Gasteiger partial charge in [-0.1, -0.05) is 158 Å². The number of para-hydroxylation sites is 4. The molecule has 0 bridgehead atoms. The number of nitrogens with zero attached hydrogens (tertiary/aromatic N) is 3. The monoisotopic (exact) mass is 841 g/mol. The third kappa shape index (κ3) is 8.86. The first-order valence-corrected chi connectivity index (χ1v) is 22.7. The van der Waals surface area contributed by atoms with Crippen molar-refractivity contribution in [1.82, 2.24) is 0 Å². The van der Waals surface area contributed by atoms with E-state index in [0.29, 0.717) is 0 Å². The van der Waals surface area contributed by atoms with Crippen molar-refractivity contribution in [2.24, 2.45) is 0 Å². The molecular weight excluding hydrogens is 786 g/mol. The third-order valence-electron chi connectivity index (χ3n) is 12.7. The Balaban J connectivity index is 1.18. The summed E-state index contributed by atoms with van der Waals surface area (Å²) in [6.45, 7) is 15.9. The van der Waals surface area contributed by atoms with Gasteiger partial charge in [0.05, 0.1) is 0 Å². The highest BCUT2D eigenvalue weighted by Gasteiger charge is 2.30. The van der Waals surface area contributed by atoms with Gasteiger partial charge in [-0.2, -0.15) is 0 Å². The number of anilines is 9. The van der Waals surface area contributed by atoms with Crippen molar-refractivity contribution >= 4 is 74.3 Å². The van der Waals surface area contributed by atoms with Gasteiger partial charge in [-0.3, -0.25) is 0 Å². The minimum absolute atomic E-state index is 0.0844. The normalized spacial score (nSPS) is 11.0. The maximum absolute atomic E-state index is 2.40. The van der Waals surface area contributed by atoms with Crippen molar-refractivity contribution in [2.45, 2.75) is 48.5 Å². The zero-order valence-electron chi connectivity index (χ0n) is 38.6. The van der Waals surface area contributed by atoms with Crippen LogP contribution in [0.1, 0.15) is 38.9 Å². The van der Waals surface area contributed by atoms with E-state index in [1.807, 2.05) is 0 Å². The Hall–Kier alpha value is -7.56. The average Bonchev–Trinajstić information content (AvgIpc) is 3.31. The average molecular weight is 842 g/mol. The second kappa shape index (κ2) is 18.7. The Morgan fingerprint density at radius 2 is 0.492 bits per heavy atom. The van der Waals surface area contributed by atoms with E-state index in [-0.39, 0.29) is 6.71 Å². The molecule has 0 unspecified atom stereocenters. The summed E-state index contributed by atoms with van der Waals surface area (Å²) in [6.07, 6.45) is 0. The number of rotatable bonds is 12. The maximum atomic E-state index is 2.40. The van der Waals surface area contributed by atoms with Gasteiger partial charge >= 0.3 is 0 Å². The van der Waals surface area contributed by atoms with Gasteiger partial charge in [-0.25, -0.2) is 0 Å². The number of aryl methyl sites for hydroxylation is 7. The van der Waals surface area contributed by atoms with E-state index in [9.17, 15) is 0 Å².